The Balaban J connectivity index is 1.70. The molecule has 32 heavy (non-hydrogen) atoms. The zero-order chi connectivity index (χ0) is 23.6. The molecule has 3 heterocycles. The largest absolute Gasteiger partial charge is 0.418 e. The Morgan fingerprint density at radius 1 is 1.19 bits per heavy atom. The highest BCUT2D eigenvalue weighted by molar-refractivity contribution is 9.10. The number of aromatic nitrogens is 4. The molecule has 0 aromatic carbocycles. The van der Waals surface area contributed by atoms with Crippen LogP contribution in [0.25, 0.3) is 0 Å². The third-order valence-corrected chi connectivity index (χ3v) is 6.16. The van der Waals surface area contributed by atoms with Crippen molar-refractivity contribution in [2.75, 3.05) is 11.1 Å². The molecule has 0 spiro atoms. The van der Waals surface area contributed by atoms with Gasteiger partial charge >= 0.3 is 6.18 Å². The van der Waals surface area contributed by atoms with Gasteiger partial charge in [0, 0.05) is 6.20 Å². The fourth-order valence-electron chi connectivity index (χ4n) is 2.36. The standard InChI is InChI=1S/C17H12BrClF3N7O2S/c1-6(28-15(31)12-11(18)13(23)27-5-26-12)16-25-4-9(32-16)14(30)29-10-2-7(17(20,21)22)8(19)3-24-10/h2-6H,1H3,(H,28,31)(H2,23,26,27)(H,24,29,30)/t6-/m0/s1. The SMILES string of the molecule is C[C@H](NC(=O)c1ncnc(N)c1Br)c1ncc(C(=O)Nc2cc(C(F)(F)F)c(Cl)cn2)s1. The van der Waals surface area contributed by atoms with E-state index in [1.807, 2.05) is 0 Å². The van der Waals surface area contributed by atoms with Crippen molar-refractivity contribution in [1.29, 1.82) is 0 Å². The number of hydrogen-bond acceptors (Lipinski definition) is 8. The number of thiazole rings is 1. The minimum Gasteiger partial charge on any atom is -0.383 e. The van der Waals surface area contributed by atoms with Crippen molar-refractivity contribution in [3.63, 3.8) is 0 Å². The molecule has 0 aliphatic carbocycles. The summed E-state index contributed by atoms with van der Waals surface area (Å²) in [5.41, 5.74) is 4.53. The zero-order valence-corrected chi connectivity index (χ0v) is 19.0. The molecule has 0 fully saturated rings. The maximum absolute atomic E-state index is 13.0. The van der Waals surface area contributed by atoms with Gasteiger partial charge < -0.3 is 16.4 Å². The van der Waals surface area contributed by atoms with Crippen LogP contribution in [0, 0.1) is 0 Å². The quantitative estimate of drug-likeness (QED) is 0.435. The van der Waals surface area contributed by atoms with Crippen LogP contribution in [0.3, 0.4) is 0 Å². The molecule has 168 valence electrons. The van der Waals surface area contributed by atoms with Crippen molar-refractivity contribution in [2.24, 2.45) is 0 Å². The molecule has 9 nitrogen and oxygen atoms in total. The summed E-state index contributed by atoms with van der Waals surface area (Å²) in [6, 6.07) is 0.0265. The number of nitrogens with two attached hydrogens (primary N) is 1. The van der Waals surface area contributed by atoms with Crippen LogP contribution in [0.2, 0.25) is 5.02 Å². The molecule has 15 heteroatoms. The average molecular weight is 551 g/mol. The molecule has 0 saturated heterocycles. The Bertz CT molecular complexity index is 1190. The molecule has 3 rings (SSSR count). The molecule has 3 aromatic heterocycles. The lowest BCUT2D eigenvalue weighted by molar-refractivity contribution is -0.137. The summed E-state index contributed by atoms with van der Waals surface area (Å²) in [7, 11) is 0. The van der Waals surface area contributed by atoms with Crippen molar-refractivity contribution < 1.29 is 22.8 Å². The third kappa shape index (κ3) is 5.31. The van der Waals surface area contributed by atoms with Crippen LogP contribution in [-0.4, -0.2) is 31.8 Å². The summed E-state index contributed by atoms with van der Waals surface area (Å²) in [5.74, 6) is -1.50. The van der Waals surface area contributed by atoms with Crippen LogP contribution in [0.5, 0.6) is 0 Å². The summed E-state index contributed by atoms with van der Waals surface area (Å²) in [4.78, 5) is 40.3. The second-order valence-corrected chi connectivity index (χ2v) is 8.44. The molecule has 0 saturated carbocycles. The van der Waals surface area contributed by atoms with Gasteiger partial charge in [0.2, 0.25) is 0 Å². The Morgan fingerprint density at radius 2 is 1.91 bits per heavy atom. The van der Waals surface area contributed by atoms with Gasteiger partial charge in [0.25, 0.3) is 11.8 Å². The Kier molecular flexibility index (Phi) is 6.95. The molecular formula is C17H12BrClF3N7O2S. The highest BCUT2D eigenvalue weighted by Gasteiger charge is 2.34. The Labute approximate surface area is 195 Å². The Hall–Kier alpha value is -2.84. The topological polar surface area (TPSA) is 136 Å². The minimum atomic E-state index is -4.70. The number of alkyl halides is 3. The first-order chi connectivity index (χ1) is 15.0. The Morgan fingerprint density at radius 3 is 2.59 bits per heavy atom. The maximum atomic E-state index is 13.0. The predicted molar refractivity (Wildman–Crippen MR) is 114 cm³/mol. The number of carbonyl (C=O) groups is 2. The van der Waals surface area contributed by atoms with Crippen LogP contribution >= 0.6 is 38.9 Å². The van der Waals surface area contributed by atoms with E-state index in [1.54, 1.807) is 6.92 Å². The van der Waals surface area contributed by atoms with Gasteiger partial charge in [0.15, 0.2) is 0 Å². The van der Waals surface area contributed by atoms with Crippen LogP contribution in [0.15, 0.2) is 29.3 Å². The van der Waals surface area contributed by atoms with Gasteiger partial charge in [-0.3, -0.25) is 9.59 Å². The highest BCUT2D eigenvalue weighted by Crippen LogP contribution is 2.35. The lowest BCUT2D eigenvalue weighted by atomic mass is 10.2. The fraction of sp³-hybridized carbons (Fsp3) is 0.176. The smallest absolute Gasteiger partial charge is 0.383 e. The third-order valence-electron chi connectivity index (χ3n) is 3.90. The minimum absolute atomic E-state index is 0.0214. The van der Waals surface area contributed by atoms with E-state index >= 15 is 0 Å². The average Bonchev–Trinajstić information content (AvgIpc) is 3.21. The van der Waals surface area contributed by atoms with E-state index in [0.717, 1.165) is 23.9 Å². The second-order valence-electron chi connectivity index (χ2n) is 6.18. The van der Waals surface area contributed by atoms with Gasteiger partial charge in [-0.15, -0.1) is 11.3 Å². The van der Waals surface area contributed by atoms with Crippen LogP contribution < -0.4 is 16.4 Å². The van der Waals surface area contributed by atoms with Gasteiger partial charge in [-0.05, 0) is 28.9 Å². The summed E-state index contributed by atoms with van der Waals surface area (Å²) >= 11 is 9.61. The number of nitrogen functional groups attached to an aromatic ring is 1. The number of carbonyl (C=O) groups excluding carboxylic acids is 2. The summed E-state index contributed by atoms with van der Waals surface area (Å²) in [6.07, 6.45) is -1.53. The number of pyridine rings is 1. The van der Waals surface area contributed by atoms with E-state index in [0.29, 0.717) is 11.1 Å². The first-order valence-corrected chi connectivity index (χ1v) is 10.5. The molecule has 3 aromatic rings. The van der Waals surface area contributed by atoms with Gasteiger partial charge in [-0.2, -0.15) is 13.2 Å². The van der Waals surface area contributed by atoms with Gasteiger partial charge in [-0.1, -0.05) is 11.6 Å². The molecule has 0 unspecified atom stereocenters. The van der Waals surface area contributed by atoms with Crippen LogP contribution in [-0.2, 0) is 6.18 Å². The first-order valence-electron chi connectivity index (χ1n) is 8.54. The van der Waals surface area contributed by atoms with E-state index in [4.69, 9.17) is 17.3 Å². The summed E-state index contributed by atoms with van der Waals surface area (Å²) in [5, 5.41) is 4.72. The molecule has 0 aliphatic rings. The number of hydrogen-bond donors (Lipinski definition) is 3. The van der Waals surface area contributed by atoms with E-state index in [-0.39, 0.29) is 26.7 Å². The monoisotopic (exact) mass is 549 g/mol. The van der Waals surface area contributed by atoms with E-state index < -0.39 is 34.6 Å². The van der Waals surface area contributed by atoms with Crippen molar-refractivity contribution in [2.45, 2.75) is 19.1 Å². The number of anilines is 2. The normalized spacial score (nSPS) is 12.3. The molecule has 2 amide bonds. The van der Waals surface area contributed by atoms with E-state index in [9.17, 15) is 22.8 Å². The van der Waals surface area contributed by atoms with Crippen molar-refractivity contribution >= 4 is 62.3 Å². The first kappa shape index (κ1) is 23.8. The van der Waals surface area contributed by atoms with E-state index in [2.05, 4.69) is 46.5 Å². The zero-order valence-electron chi connectivity index (χ0n) is 15.9. The molecular weight excluding hydrogens is 539 g/mol. The summed E-state index contributed by atoms with van der Waals surface area (Å²) in [6.45, 7) is 1.63. The maximum Gasteiger partial charge on any atom is 0.418 e. The van der Waals surface area contributed by atoms with Gasteiger partial charge in [0.05, 0.1) is 27.3 Å². The number of rotatable bonds is 5. The molecule has 0 radical (unpaired) electrons. The number of halogens is 5. The van der Waals surface area contributed by atoms with Crippen LogP contribution in [0.1, 0.15) is 43.7 Å². The van der Waals surface area contributed by atoms with Gasteiger partial charge in [-0.25, -0.2) is 19.9 Å². The van der Waals surface area contributed by atoms with Crippen molar-refractivity contribution in [1.82, 2.24) is 25.3 Å². The highest BCUT2D eigenvalue weighted by atomic mass is 79.9. The summed E-state index contributed by atoms with van der Waals surface area (Å²) < 4.78 is 39.1. The van der Waals surface area contributed by atoms with Crippen molar-refractivity contribution in [3.05, 3.63) is 55.4 Å². The number of amides is 2. The molecule has 4 N–H and O–H groups in total. The predicted octanol–water partition coefficient (Wildman–Crippen LogP) is 4.09. The second kappa shape index (κ2) is 9.34. The van der Waals surface area contributed by atoms with Crippen molar-refractivity contribution in [3.8, 4) is 0 Å². The number of nitrogens with one attached hydrogen (secondary N) is 2. The molecule has 0 aliphatic heterocycles. The number of nitrogens with zero attached hydrogens (tertiary/aromatic N) is 4. The van der Waals surface area contributed by atoms with Crippen LogP contribution in [0.4, 0.5) is 24.8 Å². The fourth-order valence-corrected chi connectivity index (χ4v) is 3.77. The van der Waals surface area contributed by atoms with E-state index in [1.165, 1.54) is 6.20 Å². The molecule has 0 bridgehead atoms. The lowest BCUT2D eigenvalue weighted by Gasteiger charge is -2.12. The lowest BCUT2D eigenvalue weighted by Crippen LogP contribution is -2.28. The molecule has 1 atom stereocenters. The van der Waals surface area contributed by atoms with Gasteiger partial charge in [0.1, 0.15) is 33.5 Å².